The number of hydrogen-bond acceptors (Lipinski definition) is 8. The van der Waals surface area contributed by atoms with E-state index in [1.54, 1.807) is 32.9 Å². The zero-order valence-electron chi connectivity index (χ0n) is 22.6. The second-order valence-electron chi connectivity index (χ2n) is 10.2. The van der Waals surface area contributed by atoms with Crippen molar-refractivity contribution in [1.82, 2.24) is 25.1 Å². The third-order valence-electron chi connectivity index (χ3n) is 6.66. The van der Waals surface area contributed by atoms with Gasteiger partial charge >= 0.3 is 0 Å². The van der Waals surface area contributed by atoms with Gasteiger partial charge in [-0.3, -0.25) is 19.0 Å². The van der Waals surface area contributed by atoms with Gasteiger partial charge in [0.2, 0.25) is 17.6 Å². The van der Waals surface area contributed by atoms with Crippen LogP contribution in [-0.4, -0.2) is 37.5 Å². The maximum atomic E-state index is 13.4. The largest absolute Gasteiger partial charge is 0.417 e. The van der Waals surface area contributed by atoms with E-state index in [9.17, 15) is 14.4 Å². The third kappa shape index (κ3) is 5.64. The highest BCUT2D eigenvalue weighted by Gasteiger charge is 2.34. The number of anilines is 1. The fraction of sp³-hybridized carbons (Fsp3) is 0.310. The van der Waals surface area contributed by atoms with E-state index in [2.05, 4.69) is 20.5 Å². The van der Waals surface area contributed by atoms with Crippen LogP contribution in [0, 0.1) is 12.8 Å². The molecule has 0 fully saturated rings. The Morgan fingerprint density at radius 3 is 2.26 bits per heavy atom. The lowest BCUT2D eigenvalue weighted by Gasteiger charge is -2.21. The van der Waals surface area contributed by atoms with Gasteiger partial charge in [-0.25, -0.2) is 4.98 Å². The van der Waals surface area contributed by atoms with Crippen LogP contribution in [0.1, 0.15) is 55.5 Å². The second-order valence-corrected chi connectivity index (χ2v) is 10.2. The molecule has 0 aliphatic carbocycles. The maximum absolute atomic E-state index is 13.4. The van der Waals surface area contributed by atoms with E-state index in [1.165, 1.54) is 4.57 Å². The zero-order valence-corrected chi connectivity index (χ0v) is 22.6. The van der Waals surface area contributed by atoms with Crippen molar-refractivity contribution in [2.24, 2.45) is 5.92 Å². The number of ketones is 1. The number of hydrogen-bond donors (Lipinski definition) is 2. The highest BCUT2D eigenvalue weighted by molar-refractivity contribution is 5.98. The Balaban J connectivity index is 1.58. The molecule has 0 spiro atoms. The van der Waals surface area contributed by atoms with Crippen molar-refractivity contribution < 1.29 is 14.0 Å². The van der Waals surface area contributed by atoms with Crippen LogP contribution in [0.5, 0.6) is 0 Å². The van der Waals surface area contributed by atoms with Gasteiger partial charge in [0, 0.05) is 5.56 Å². The number of nitrogens with two attached hydrogens (primary N) is 1. The Hall–Kier alpha value is -4.60. The molecule has 1 amide bonds. The summed E-state index contributed by atoms with van der Waals surface area (Å²) in [7, 11) is 0. The summed E-state index contributed by atoms with van der Waals surface area (Å²) in [5.41, 5.74) is 6.72. The molecule has 0 saturated carbocycles. The third-order valence-corrected chi connectivity index (χ3v) is 6.66. The van der Waals surface area contributed by atoms with Gasteiger partial charge in [0.25, 0.3) is 11.4 Å². The topological polar surface area (TPSA) is 146 Å². The average Bonchev–Trinajstić information content (AvgIpc) is 3.44. The highest BCUT2D eigenvalue weighted by atomic mass is 16.4. The summed E-state index contributed by atoms with van der Waals surface area (Å²) in [4.78, 5) is 44.1. The standard InChI is InChI=1S/C29H32N6O4/c1-17(2)23(24(37)26-33-34-28(39-26)29(4,5)20-14-10-7-11-15-20)32-21(36)16-35-25(19-12-8-6-9-13-19)31-18(3)22(30)27(35)38/h6-15,17,23H,16,30H2,1-5H3,(H,32,36)/t23-/m1/s1. The first-order valence-electron chi connectivity index (χ1n) is 12.7. The second kappa shape index (κ2) is 11.0. The monoisotopic (exact) mass is 528 g/mol. The summed E-state index contributed by atoms with van der Waals surface area (Å²) in [6, 6.07) is 17.7. The van der Waals surface area contributed by atoms with E-state index < -0.39 is 28.7 Å². The Labute approximate surface area is 226 Å². The molecule has 10 heteroatoms. The summed E-state index contributed by atoms with van der Waals surface area (Å²) in [5.74, 6) is -0.985. The van der Waals surface area contributed by atoms with Crippen molar-refractivity contribution in [3.8, 4) is 11.4 Å². The van der Waals surface area contributed by atoms with Gasteiger partial charge in [-0.2, -0.15) is 0 Å². The molecule has 0 radical (unpaired) electrons. The number of nitrogens with one attached hydrogen (secondary N) is 1. The van der Waals surface area contributed by atoms with Gasteiger partial charge in [0.15, 0.2) is 0 Å². The molecule has 0 saturated heterocycles. The summed E-state index contributed by atoms with van der Waals surface area (Å²) >= 11 is 0. The van der Waals surface area contributed by atoms with Crippen molar-refractivity contribution in [2.45, 2.75) is 52.6 Å². The van der Waals surface area contributed by atoms with Crippen LogP contribution in [0.25, 0.3) is 11.4 Å². The molecule has 2 aromatic carbocycles. The number of benzene rings is 2. The van der Waals surface area contributed by atoms with Crippen LogP contribution in [0.3, 0.4) is 0 Å². The minimum atomic E-state index is -0.961. The number of Topliss-reactive ketones (excluding diaryl/α,β-unsaturated/α-hetero) is 1. The minimum Gasteiger partial charge on any atom is -0.417 e. The Morgan fingerprint density at radius 2 is 1.64 bits per heavy atom. The number of carbonyl (C=O) groups is 2. The van der Waals surface area contributed by atoms with Crippen molar-refractivity contribution in [3.63, 3.8) is 0 Å². The van der Waals surface area contributed by atoms with Crippen molar-refractivity contribution in [2.75, 3.05) is 5.73 Å². The molecule has 0 aliphatic rings. The fourth-order valence-electron chi connectivity index (χ4n) is 4.21. The molecule has 10 nitrogen and oxygen atoms in total. The van der Waals surface area contributed by atoms with Crippen molar-refractivity contribution in [1.29, 1.82) is 0 Å². The molecule has 0 bridgehead atoms. The average molecular weight is 529 g/mol. The Kier molecular flexibility index (Phi) is 7.75. The summed E-state index contributed by atoms with van der Waals surface area (Å²) in [5, 5.41) is 10.9. The van der Waals surface area contributed by atoms with Crippen LogP contribution < -0.4 is 16.6 Å². The number of aromatic nitrogens is 4. The van der Waals surface area contributed by atoms with Crippen molar-refractivity contribution in [3.05, 3.63) is 94.1 Å². The van der Waals surface area contributed by atoms with Crippen LogP contribution in [0.4, 0.5) is 5.69 Å². The van der Waals surface area contributed by atoms with E-state index in [-0.39, 0.29) is 29.9 Å². The molecular formula is C29H32N6O4. The number of rotatable bonds is 9. The predicted octanol–water partition coefficient (Wildman–Crippen LogP) is 3.53. The first-order valence-corrected chi connectivity index (χ1v) is 12.7. The maximum Gasteiger partial charge on any atom is 0.286 e. The Bertz CT molecular complexity index is 1540. The van der Waals surface area contributed by atoms with E-state index in [4.69, 9.17) is 10.2 Å². The van der Waals surface area contributed by atoms with Crippen LogP contribution in [-0.2, 0) is 16.8 Å². The first-order chi connectivity index (χ1) is 18.5. The highest BCUT2D eigenvalue weighted by Crippen LogP contribution is 2.30. The zero-order chi connectivity index (χ0) is 28.3. The lowest BCUT2D eigenvalue weighted by Crippen LogP contribution is -2.46. The molecule has 0 aliphatic heterocycles. The molecule has 2 aromatic heterocycles. The first kappa shape index (κ1) is 27.4. The predicted molar refractivity (Wildman–Crippen MR) is 147 cm³/mol. The number of aryl methyl sites for hydroxylation is 1. The Morgan fingerprint density at radius 1 is 1.03 bits per heavy atom. The molecule has 0 unspecified atom stereocenters. The molecule has 4 aromatic rings. The van der Waals surface area contributed by atoms with E-state index >= 15 is 0 Å². The van der Waals surface area contributed by atoms with Gasteiger partial charge < -0.3 is 15.5 Å². The molecule has 4 rings (SSSR count). The fourth-order valence-corrected chi connectivity index (χ4v) is 4.21. The molecule has 1 atom stereocenters. The lowest BCUT2D eigenvalue weighted by atomic mass is 9.85. The summed E-state index contributed by atoms with van der Waals surface area (Å²) < 4.78 is 7.03. The number of carbonyl (C=O) groups excluding carboxylic acids is 2. The summed E-state index contributed by atoms with van der Waals surface area (Å²) in [6.45, 7) is 8.69. The van der Waals surface area contributed by atoms with Gasteiger partial charge in [0.1, 0.15) is 18.1 Å². The minimum absolute atomic E-state index is 0.0432. The number of amides is 1. The van der Waals surface area contributed by atoms with Crippen LogP contribution in [0.2, 0.25) is 0 Å². The SMILES string of the molecule is Cc1nc(-c2ccccc2)n(CC(=O)N[C@@H](C(=O)c2nnc(C(C)(C)c3ccccc3)o2)C(C)C)c(=O)c1N. The smallest absolute Gasteiger partial charge is 0.286 e. The van der Waals surface area contributed by atoms with Crippen molar-refractivity contribution >= 4 is 17.4 Å². The van der Waals surface area contributed by atoms with Gasteiger partial charge in [-0.05, 0) is 32.3 Å². The van der Waals surface area contributed by atoms with E-state index in [1.807, 2.05) is 62.4 Å². The van der Waals surface area contributed by atoms with Gasteiger partial charge in [-0.1, -0.05) is 74.5 Å². The van der Waals surface area contributed by atoms with E-state index in [0.717, 1.165) is 5.56 Å². The van der Waals surface area contributed by atoms with Gasteiger partial charge in [0.05, 0.1) is 17.2 Å². The molecule has 202 valence electrons. The molecule has 3 N–H and O–H groups in total. The number of nitrogens with zero attached hydrogens (tertiary/aromatic N) is 4. The van der Waals surface area contributed by atoms with E-state index in [0.29, 0.717) is 17.1 Å². The van der Waals surface area contributed by atoms with Gasteiger partial charge in [-0.15, -0.1) is 10.2 Å². The quantitative estimate of drug-likeness (QED) is 0.314. The lowest BCUT2D eigenvalue weighted by molar-refractivity contribution is -0.122. The normalized spacial score (nSPS) is 12.4. The van der Waals surface area contributed by atoms with Crippen LogP contribution in [0.15, 0.2) is 69.9 Å². The molecule has 2 heterocycles. The van der Waals surface area contributed by atoms with Crippen LogP contribution >= 0.6 is 0 Å². The summed E-state index contributed by atoms with van der Waals surface area (Å²) in [6.07, 6.45) is 0. The molecule has 39 heavy (non-hydrogen) atoms. The number of nitrogen functional groups attached to an aromatic ring is 1. The molecular weight excluding hydrogens is 496 g/mol.